The van der Waals surface area contributed by atoms with Crippen molar-refractivity contribution in [3.63, 3.8) is 0 Å². The molecule has 1 aromatic carbocycles. The van der Waals surface area contributed by atoms with Gasteiger partial charge in [0, 0.05) is 6.54 Å². The highest BCUT2D eigenvalue weighted by molar-refractivity contribution is 5.71. The van der Waals surface area contributed by atoms with Gasteiger partial charge in [0.1, 0.15) is 0 Å². The minimum Gasteiger partial charge on any atom is -0.493 e. The van der Waals surface area contributed by atoms with Crippen LogP contribution in [0.2, 0.25) is 0 Å². The molecular formula is C17H24N2O. The Bertz CT molecular complexity index is 544. The van der Waals surface area contributed by atoms with Gasteiger partial charge in [-0.05, 0) is 24.3 Å². The molecule has 3 heteroatoms. The number of aromatic hydroxyl groups is 1. The fourth-order valence-corrected chi connectivity index (χ4v) is 2.39. The minimum atomic E-state index is 0.302. The molecule has 0 fully saturated rings. The minimum absolute atomic E-state index is 0.302. The Morgan fingerprint density at radius 2 is 1.90 bits per heavy atom. The molecule has 0 spiro atoms. The van der Waals surface area contributed by atoms with Crippen molar-refractivity contribution in [1.29, 1.82) is 0 Å². The summed E-state index contributed by atoms with van der Waals surface area (Å²) in [5.74, 6) is 0.763. The van der Waals surface area contributed by atoms with Gasteiger partial charge in [-0.1, -0.05) is 57.5 Å². The van der Waals surface area contributed by atoms with Crippen LogP contribution >= 0.6 is 0 Å². The van der Waals surface area contributed by atoms with Gasteiger partial charge in [-0.25, -0.2) is 4.68 Å². The summed E-state index contributed by atoms with van der Waals surface area (Å²) in [5.41, 5.74) is 2.96. The lowest BCUT2D eigenvalue weighted by Gasteiger charge is -2.06. The van der Waals surface area contributed by atoms with Gasteiger partial charge in [0.2, 0.25) is 5.88 Å². The third-order valence-corrected chi connectivity index (χ3v) is 3.37. The second-order valence-corrected chi connectivity index (χ2v) is 5.69. The molecule has 0 saturated heterocycles. The predicted molar refractivity (Wildman–Crippen MR) is 82.8 cm³/mol. The summed E-state index contributed by atoms with van der Waals surface area (Å²) in [4.78, 5) is 0. The molecule has 0 unspecified atom stereocenters. The lowest BCUT2D eigenvalue weighted by atomic mass is 10.0. The number of nitrogens with zero attached hydrogens (tertiary/aromatic N) is 2. The first kappa shape index (κ1) is 14.6. The van der Waals surface area contributed by atoms with Gasteiger partial charge in [0.15, 0.2) is 0 Å². The van der Waals surface area contributed by atoms with Gasteiger partial charge >= 0.3 is 0 Å². The molecule has 0 bridgehead atoms. The Morgan fingerprint density at radius 1 is 1.20 bits per heavy atom. The summed E-state index contributed by atoms with van der Waals surface area (Å²) in [6.45, 7) is 7.19. The average molecular weight is 272 g/mol. The van der Waals surface area contributed by atoms with Crippen molar-refractivity contribution in [3.8, 4) is 17.0 Å². The SMILES string of the molecule is CCCCc1nn(CC(C)C)c(O)c1-c1ccccc1. The van der Waals surface area contributed by atoms with E-state index in [2.05, 4.69) is 25.9 Å². The number of unbranched alkanes of at least 4 members (excludes halogenated alkanes) is 1. The molecule has 1 heterocycles. The molecule has 0 saturated carbocycles. The molecule has 0 atom stereocenters. The van der Waals surface area contributed by atoms with Gasteiger partial charge in [0.05, 0.1) is 11.3 Å². The standard InChI is InChI=1S/C17H24N2O/c1-4-5-11-15-16(14-9-7-6-8-10-14)17(20)19(18-15)12-13(2)3/h6-10,13,20H,4-5,11-12H2,1-3H3. The summed E-state index contributed by atoms with van der Waals surface area (Å²) < 4.78 is 1.75. The van der Waals surface area contributed by atoms with Crippen LogP contribution in [0.5, 0.6) is 5.88 Å². The van der Waals surface area contributed by atoms with Crippen LogP contribution in [0.1, 0.15) is 39.3 Å². The van der Waals surface area contributed by atoms with Crippen molar-refractivity contribution in [2.75, 3.05) is 0 Å². The first-order chi connectivity index (χ1) is 9.63. The average Bonchev–Trinajstić information content (AvgIpc) is 2.73. The Morgan fingerprint density at radius 3 is 2.50 bits per heavy atom. The fourth-order valence-electron chi connectivity index (χ4n) is 2.39. The topological polar surface area (TPSA) is 38.0 Å². The van der Waals surface area contributed by atoms with Gasteiger partial charge in [-0.15, -0.1) is 0 Å². The fraction of sp³-hybridized carbons (Fsp3) is 0.471. The molecule has 0 radical (unpaired) electrons. The Kier molecular flexibility index (Phi) is 4.83. The van der Waals surface area contributed by atoms with E-state index in [4.69, 9.17) is 0 Å². The van der Waals surface area contributed by atoms with E-state index in [1.807, 2.05) is 30.3 Å². The highest BCUT2D eigenvalue weighted by atomic mass is 16.3. The summed E-state index contributed by atoms with van der Waals surface area (Å²) in [7, 11) is 0. The van der Waals surface area contributed by atoms with Crippen molar-refractivity contribution < 1.29 is 5.11 Å². The van der Waals surface area contributed by atoms with Gasteiger partial charge in [-0.2, -0.15) is 5.10 Å². The number of aryl methyl sites for hydroxylation is 1. The summed E-state index contributed by atoms with van der Waals surface area (Å²) in [6, 6.07) is 10.1. The van der Waals surface area contributed by atoms with Crippen LogP contribution in [0, 0.1) is 5.92 Å². The molecule has 0 amide bonds. The maximum absolute atomic E-state index is 10.5. The molecule has 0 aliphatic rings. The number of aromatic nitrogens is 2. The van der Waals surface area contributed by atoms with Crippen LogP contribution in [0.25, 0.3) is 11.1 Å². The van der Waals surface area contributed by atoms with E-state index in [1.165, 1.54) is 0 Å². The van der Waals surface area contributed by atoms with Crippen LogP contribution in [0.3, 0.4) is 0 Å². The van der Waals surface area contributed by atoms with E-state index >= 15 is 0 Å². The molecule has 2 rings (SSSR count). The third kappa shape index (κ3) is 3.21. The lowest BCUT2D eigenvalue weighted by molar-refractivity contribution is 0.372. The number of benzene rings is 1. The van der Waals surface area contributed by atoms with Gasteiger partial charge in [0.25, 0.3) is 0 Å². The summed E-state index contributed by atoms with van der Waals surface area (Å²) >= 11 is 0. The van der Waals surface area contributed by atoms with E-state index in [0.29, 0.717) is 11.8 Å². The molecule has 108 valence electrons. The maximum Gasteiger partial charge on any atom is 0.217 e. The second-order valence-electron chi connectivity index (χ2n) is 5.69. The third-order valence-electron chi connectivity index (χ3n) is 3.37. The predicted octanol–water partition coefficient (Wildman–Crippen LogP) is 4.25. The molecule has 1 aromatic heterocycles. The van der Waals surface area contributed by atoms with Crippen LogP contribution in [0.15, 0.2) is 30.3 Å². The van der Waals surface area contributed by atoms with Crippen LogP contribution in [0.4, 0.5) is 0 Å². The molecular weight excluding hydrogens is 248 g/mol. The number of hydrogen-bond acceptors (Lipinski definition) is 2. The van der Waals surface area contributed by atoms with E-state index in [-0.39, 0.29) is 0 Å². The van der Waals surface area contributed by atoms with Crippen molar-refractivity contribution in [1.82, 2.24) is 9.78 Å². The monoisotopic (exact) mass is 272 g/mol. The largest absolute Gasteiger partial charge is 0.493 e. The Labute approximate surface area is 121 Å². The zero-order chi connectivity index (χ0) is 14.5. The van der Waals surface area contributed by atoms with Gasteiger partial charge < -0.3 is 5.11 Å². The molecule has 0 aliphatic carbocycles. The second kappa shape index (κ2) is 6.60. The molecule has 20 heavy (non-hydrogen) atoms. The van der Waals surface area contributed by atoms with Crippen molar-refractivity contribution in [2.24, 2.45) is 5.92 Å². The Hall–Kier alpha value is -1.77. The number of rotatable bonds is 6. The maximum atomic E-state index is 10.5. The summed E-state index contributed by atoms with van der Waals surface area (Å²) in [5, 5.41) is 15.1. The molecule has 2 aromatic rings. The quantitative estimate of drug-likeness (QED) is 0.853. The van der Waals surface area contributed by atoms with Crippen molar-refractivity contribution in [3.05, 3.63) is 36.0 Å². The highest BCUT2D eigenvalue weighted by Crippen LogP contribution is 2.33. The zero-order valence-electron chi connectivity index (χ0n) is 12.6. The molecule has 1 N–H and O–H groups in total. The Balaban J connectivity index is 2.43. The smallest absolute Gasteiger partial charge is 0.217 e. The number of hydrogen-bond donors (Lipinski definition) is 1. The van der Waals surface area contributed by atoms with Crippen molar-refractivity contribution >= 4 is 0 Å². The van der Waals surface area contributed by atoms with Crippen LogP contribution in [-0.4, -0.2) is 14.9 Å². The van der Waals surface area contributed by atoms with E-state index < -0.39 is 0 Å². The normalized spacial score (nSPS) is 11.2. The van der Waals surface area contributed by atoms with Crippen LogP contribution < -0.4 is 0 Å². The van der Waals surface area contributed by atoms with E-state index in [1.54, 1.807) is 4.68 Å². The first-order valence-corrected chi connectivity index (χ1v) is 7.47. The van der Waals surface area contributed by atoms with Crippen LogP contribution in [-0.2, 0) is 13.0 Å². The first-order valence-electron chi connectivity index (χ1n) is 7.47. The summed E-state index contributed by atoms with van der Waals surface area (Å²) in [6.07, 6.45) is 3.14. The zero-order valence-corrected chi connectivity index (χ0v) is 12.6. The molecule has 3 nitrogen and oxygen atoms in total. The molecule has 0 aliphatic heterocycles. The van der Waals surface area contributed by atoms with Crippen molar-refractivity contribution in [2.45, 2.75) is 46.6 Å². The van der Waals surface area contributed by atoms with Gasteiger partial charge in [-0.3, -0.25) is 0 Å². The highest BCUT2D eigenvalue weighted by Gasteiger charge is 2.18. The van der Waals surface area contributed by atoms with E-state index in [0.717, 1.165) is 42.6 Å². The lowest BCUT2D eigenvalue weighted by Crippen LogP contribution is -2.06. The van der Waals surface area contributed by atoms with E-state index in [9.17, 15) is 5.11 Å².